The Morgan fingerprint density at radius 1 is 1.34 bits per heavy atom. The number of carbonyl (C=O) groups is 1. The Bertz CT molecular complexity index is 856. The molecule has 158 valence electrons. The maximum absolute atomic E-state index is 13.2. The van der Waals surface area contributed by atoms with Gasteiger partial charge in [-0.05, 0) is 37.8 Å². The molecule has 0 aromatic carbocycles. The van der Waals surface area contributed by atoms with Crippen LogP contribution in [-0.2, 0) is 9.53 Å². The van der Waals surface area contributed by atoms with Gasteiger partial charge in [-0.3, -0.25) is 19.9 Å². The van der Waals surface area contributed by atoms with Gasteiger partial charge < -0.3 is 4.74 Å². The molecule has 0 N–H and O–H groups in total. The molecule has 0 fully saturated rings. The molecule has 10 heteroatoms. The lowest BCUT2D eigenvalue weighted by Crippen LogP contribution is -2.14. The number of hydrogen-bond acceptors (Lipinski definition) is 6. The molecule has 0 bridgehead atoms. The van der Waals surface area contributed by atoms with Crippen LogP contribution in [0.1, 0.15) is 58.2 Å². The van der Waals surface area contributed by atoms with Gasteiger partial charge in [-0.15, -0.1) is 0 Å². The maximum Gasteiger partial charge on any atom is 0.334 e. The van der Waals surface area contributed by atoms with Crippen LogP contribution in [0, 0.1) is 16.0 Å². The van der Waals surface area contributed by atoms with Gasteiger partial charge in [0.15, 0.2) is 5.69 Å². The molecule has 0 amide bonds. The van der Waals surface area contributed by atoms with Crippen molar-refractivity contribution in [3.63, 3.8) is 0 Å². The molecule has 2 unspecified atom stereocenters. The Morgan fingerprint density at radius 2 is 2.07 bits per heavy atom. The first kappa shape index (κ1) is 22.4. The number of rotatable bonds is 10. The highest BCUT2D eigenvalue weighted by atomic mass is 19.3. The molecular weight excluding hydrogens is 386 g/mol. The van der Waals surface area contributed by atoms with Gasteiger partial charge in [0.1, 0.15) is 6.20 Å². The third kappa shape index (κ3) is 5.55. The second-order valence-corrected chi connectivity index (χ2v) is 6.81. The molecule has 2 heterocycles. The summed E-state index contributed by atoms with van der Waals surface area (Å²) < 4.78 is 31.8. The molecule has 0 saturated heterocycles. The van der Waals surface area contributed by atoms with Crippen molar-refractivity contribution in [1.82, 2.24) is 14.8 Å². The molecule has 2 aromatic rings. The van der Waals surface area contributed by atoms with E-state index >= 15 is 0 Å². The number of esters is 1. The van der Waals surface area contributed by atoms with Crippen molar-refractivity contribution in [3.05, 3.63) is 40.3 Å². The smallest absolute Gasteiger partial charge is 0.334 e. The Kier molecular flexibility index (Phi) is 7.74. The summed E-state index contributed by atoms with van der Waals surface area (Å²) in [6, 6.07) is 3.02. The van der Waals surface area contributed by atoms with Crippen molar-refractivity contribution in [1.29, 1.82) is 0 Å². The standard InChI is InChI=1S/C19H24F2N4O4/c1-4-29-18(26)13(3)7-5-6-12(2)15-10-14(8-9-22-15)17-16(25(27)28)11-23-24(17)19(20)21/h8-13,19H,4-7H2,1-3H3. The van der Waals surface area contributed by atoms with E-state index in [2.05, 4.69) is 10.1 Å². The zero-order chi connectivity index (χ0) is 21.6. The molecule has 2 atom stereocenters. The van der Waals surface area contributed by atoms with Crippen molar-refractivity contribution >= 4 is 11.7 Å². The Balaban J connectivity index is 2.15. The molecule has 0 aliphatic rings. The number of pyridine rings is 1. The Hall–Kier alpha value is -2.91. The molecule has 0 saturated carbocycles. The van der Waals surface area contributed by atoms with E-state index in [-0.39, 0.29) is 29.1 Å². The van der Waals surface area contributed by atoms with Crippen LogP contribution in [0.5, 0.6) is 0 Å². The van der Waals surface area contributed by atoms with Gasteiger partial charge >= 0.3 is 18.2 Å². The fourth-order valence-electron chi connectivity index (χ4n) is 3.06. The minimum Gasteiger partial charge on any atom is -0.466 e. The molecule has 0 aliphatic heterocycles. The second-order valence-electron chi connectivity index (χ2n) is 6.81. The number of ether oxygens (including phenoxy) is 1. The van der Waals surface area contributed by atoms with Gasteiger partial charge in [0.05, 0.1) is 17.4 Å². The maximum atomic E-state index is 13.2. The molecular formula is C19H24F2N4O4. The van der Waals surface area contributed by atoms with Gasteiger partial charge in [-0.1, -0.05) is 20.3 Å². The van der Waals surface area contributed by atoms with Crippen LogP contribution in [-0.4, -0.2) is 32.3 Å². The Morgan fingerprint density at radius 3 is 2.69 bits per heavy atom. The minimum atomic E-state index is -3.00. The summed E-state index contributed by atoms with van der Waals surface area (Å²) in [7, 11) is 0. The van der Waals surface area contributed by atoms with Gasteiger partial charge in [0.25, 0.3) is 0 Å². The number of hydrogen-bond donors (Lipinski definition) is 0. The van der Waals surface area contributed by atoms with Crippen molar-refractivity contribution in [2.45, 2.75) is 52.5 Å². The van der Waals surface area contributed by atoms with Crippen molar-refractivity contribution < 1.29 is 23.2 Å². The first-order chi connectivity index (χ1) is 13.8. The summed E-state index contributed by atoms with van der Waals surface area (Å²) in [4.78, 5) is 26.4. The van der Waals surface area contributed by atoms with E-state index in [9.17, 15) is 23.7 Å². The SMILES string of the molecule is CCOC(=O)C(C)CCCC(C)c1cc(-c2c([N+](=O)[O-])cnn2C(F)F)ccn1. The predicted octanol–water partition coefficient (Wildman–Crippen LogP) is 4.72. The summed E-state index contributed by atoms with van der Waals surface area (Å²) >= 11 is 0. The summed E-state index contributed by atoms with van der Waals surface area (Å²) in [6.45, 7) is 2.84. The van der Waals surface area contributed by atoms with Gasteiger partial charge in [-0.2, -0.15) is 18.6 Å². The van der Waals surface area contributed by atoms with Crippen molar-refractivity contribution in [2.75, 3.05) is 6.61 Å². The lowest BCUT2D eigenvalue weighted by Gasteiger charge is -2.14. The number of aromatic nitrogens is 3. The van der Waals surface area contributed by atoms with Crippen LogP contribution in [0.15, 0.2) is 24.5 Å². The quantitative estimate of drug-likeness (QED) is 0.319. The summed E-state index contributed by atoms with van der Waals surface area (Å²) in [5.41, 5.74) is 0.143. The fourth-order valence-corrected chi connectivity index (χ4v) is 3.06. The van der Waals surface area contributed by atoms with E-state index in [4.69, 9.17) is 4.74 Å². The molecule has 0 spiro atoms. The first-order valence-corrected chi connectivity index (χ1v) is 9.39. The predicted molar refractivity (Wildman–Crippen MR) is 101 cm³/mol. The Labute approximate surface area is 167 Å². The number of alkyl halides is 2. The third-order valence-electron chi connectivity index (χ3n) is 4.68. The highest BCUT2D eigenvalue weighted by Gasteiger charge is 2.26. The fraction of sp³-hybridized carbons (Fsp3) is 0.526. The second kappa shape index (κ2) is 10.0. The number of nitro groups is 1. The van der Waals surface area contributed by atoms with Gasteiger partial charge in [0, 0.05) is 17.5 Å². The summed E-state index contributed by atoms with van der Waals surface area (Å²) in [5, 5.41) is 14.7. The van der Waals surface area contributed by atoms with E-state index < -0.39 is 17.2 Å². The highest BCUT2D eigenvalue weighted by molar-refractivity contribution is 5.72. The molecule has 2 rings (SSSR count). The van der Waals surface area contributed by atoms with Crippen LogP contribution < -0.4 is 0 Å². The molecule has 2 aromatic heterocycles. The van der Waals surface area contributed by atoms with Crippen LogP contribution >= 0.6 is 0 Å². The monoisotopic (exact) mass is 410 g/mol. The van der Waals surface area contributed by atoms with Crippen molar-refractivity contribution in [3.8, 4) is 11.3 Å². The van der Waals surface area contributed by atoms with Crippen LogP contribution in [0.4, 0.5) is 14.5 Å². The van der Waals surface area contributed by atoms with E-state index in [0.29, 0.717) is 23.4 Å². The number of carbonyl (C=O) groups excluding carboxylic acids is 1. The van der Waals surface area contributed by atoms with E-state index in [1.807, 2.05) is 13.8 Å². The number of halogens is 2. The minimum absolute atomic E-state index is 0.0219. The molecule has 0 radical (unpaired) electrons. The van der Waals surface area contributed by atoms with E-state index in [0.717, 1.165) is 19.0 Å². The normalized spacial score (nSPS) is 13.3. The van der Waals surface area contributed by atoms with Gasteiger partial charge in [-0.25, -0.2) is 0 Å². The number of nitrogens with zero attached hydrogens (tertiary/aromatic N) is 4. The van der Waals surface area contributed by atoms with Crippen LogP contribution in [0.2, 0.25) is 0 Å². The summed E-state index contributed by atoms with van der Waals surface area (Å²) in [6.07, 6.45) is 4.39. The van der Waals surface area contributed by atoms with Gasteiger partial charge in [0.2, 0.25) is 0 Å². The molecule has 0 aliphatic carbocycles. The average molecular weight is 410 g/mol. The zero-order valence-electron chi connectivity index (χ0n) is 16.5. The first-order valence-electron chi connectivity index (χ1n) is 9.39. The third-order valence-corrected chi connectivity index (χ3v) is 4.68. The lowest BCUT2D eigenvalue weighted by atomic mass is 9.95. The van der Waals surface area contributed by atoms with Crippen molar-refractivity contribution in [2.24, 2.45) is 5.92 Å². The van der Waals surface area contributed by atoms with Crippen LogP contribution in [0.25, 0.3) is 11.3 Å². The topological polar surface area (TPSA) is 100 Å². The zero-order valence-corrected chi connectivity index (χ0v) is 16.5. The largest absolute Gasteiger partial charge is 0.466 e. The molecule has 8 nitrogen and oxygen atoms in total. The van der Waals surface area contributed by atoms with Crippen LogP contribution in [0.3, 0.4) is 0 Å². The van der Waals surface area contributed by atoms with E-state index in [1.165, 1.54) is 12.3 Å². The molecule has 29 heavy (non-hydrogen) atoms. The van der Waals surface area contributed by atoms with E-state index in [1.54, 1.807) is 13.0 Å². The average Bonchev–Trinajstić information content (AvgIpc) is 3.14. The summed E-state index contributed by atoms with van der Waals surface area (Å²) in [5.74, 6) is -0.455. The highest BCUT2D eigenvalue weighted by Crippen LogP contribution is 2.34. The lowest BCUT2D eigenvalue weighted by molar-refractivity contribution is -0.384.